The molecule has 2 atom stereocenters. The molecule has 3 nitrogen and oxygen atoms in total. The Morgan fingerprint density at radius 1 is 1.11 bits per heavy atom. The van der Waals surface area contributed by atoms with Crippen molar-refractivity contribution < 1.29 is 14.3 Å². The Labute approximate surface area is 115 Å². The van der Waals surface area contributed by atoms with Gasteiger partial charge in [0.2, 0.25) is 0 Å². The maximum absolute atomic E-state index is 11.9. The summed E-state index contributed by atoms with van der Waals surface area (Å²) in [5.74, 6) is -0.135. The van der Waals surface area contributed by atoms with E-state index < -0.39 is 6.10 Å². The van der Waals surface area contributed by atoms with Gasteiger partial charge in [-0.3, -0.25) is 4.79 Å². The summed E-state index contributed by atoms with van der Waals surface area (Å²) in [6.45, 7) is 7.46. The highest BCUT2D eigenvalue weighted by Crippen LogP contribution is 2.20. The fourth-order valence-corrected chi connectivity index (χ4v) is 2.09. The SMILES string of the molecule is CC(=O)C(CC(C)C)C(C)OC(=O)c1ccccc1. The van der Waals surface area contributed by atoms with Crippen LogP contribution in [-0.4, -0.2) is 17.9 Å². The lowest BCUT2D eigenvalue weighted by Crippen LogP contribution is -2.30. The first-order valence-electron chi connectivity index (χ1n) is 6.68. The van der Waals surface area contributed by atoms with E-state index in [-0.39, 0.29) is 17.7 Å². The third-order valence-electron chi connectivity index (χ3n) is 3.12. The minimum atomic E-state index is -0.396. The molecule has 0 aliphatic carbocycles. The predicted molar refractivity (Wildman–Crippen MR) is 74.9 cm³/mol. The molecule has 3 heteroatoms. The first-order chi connectivity index (χ1) is 8.91. The van der Waals surface area contributed by atoms with Crippen LogP contribution >= 0.6 is 0 Å². The van der Waals surface area contributed by atoms with Crippen LogP contribution in [0.5, 0.6) is 0 Å². The predicted octanol–water partition coefficient (Wildman–Crippen LogP) is 3.48. The molecule has 1 rings (SSSR count). The molecular formula is C16H22O3. The molecule has 0 bridgehead atoms. The van der Waals surface area contributed by atoms with Gasteiger partial charge in [0, 0.05) is 0 Å². The number of ether oxygens (including phenoxy) is 1. The van der Waals surface area contributed by atoms with Crippen molar-refractivity contribution in [1.82, 2.24) is 0 Å². The van der Waals surface area contributed by atoms with Crippen LogP contribution in [0.2, 0.25) is 0 Å². The van der Waals surface area contributed by atoms with Crippen molar-refractivity contribution in [2.45, 2.75) is 40.2 Å². The Bertz CT molecular complexity index is 423. The molecule has 1 aromatic carbocycles. The quantitative estimate of drug-likeness (QED) is 0.737. The first kappa shape index (κ1) is 15.4. The summed E-state index contributed by atoms with van der Waals surface area (Å²) in [7, 11) is 0. The van der Waals surface area contributed by atoms with Gasteiger partial charge in [-0.2, -0.15) is 0 Å². The van der Waals surface area contributed by atoms with Gasteiger partial charge >= 0.3 is 5.97 Å². The Kier molecular flexibility index (Phi) is 5.74. The van der Waals surface area contributed by atoms with E-state index in [4.69, 9.17) is 4.74 Å². The monoisotopic (exact) mass is 262 g/mol. The van der Waals surface area contributed by atoms with Crippen LogP contribution in [0.15, 0.2) is 30.3 Å². The van der Waals surface area contributed by atoms with Crippen LogP contribution in [-0.2, 0) is 9.53 Å². The van der Waals surface area contributed by atoms with Crippen LogP contribution in [0, 0.1) is 11.8 Å². The molecule has 104 valence electrons. The van der Waals surface area contributed by atoms with E-state index in [0.717, 1.165) is 6.42 Å². The second-order valence-corrected chi connectivity index (χ2v) is 5.32. The van der Waals surface area contributed by atoms with Gasteiger partial charge in [0.15, 0.2) is 0 Å². The van der Waals surface area contributed by atoms with Crippen LogP contribution in [0.25, 0.3) is 0 Å². The van der Waals surface area contributed by atoms with Gasteiger partial charge in [-0.05, 0) is 38.3 Å². The molecule has 0 spiro atoms. The zero-order valence-corrected chi connectivity index (χ0v) is 12.1. The molecular weight excluding hydrogens is 240 g/mol. The highest BCUT2D eigenvalue weighted by Gasteiger charge is 2.26. The Morgan fingerprint density at radius 2 is 1.68 bits per heavy atom. The van der Waals surface area contributed by atoms with Crippen molar-refractivity contribution in [3.05, 3.63) is 35.9 Å². The van der Waals surface area contributed by atoms with Crippen LogP contribution in [0.3, 0.4) is 0 Å². The van der Waals surface area contributed by atoms with Gasteiger partial charge in [0.25, 0.3) is 0 Å². The Hall–Kier alpha value is -1.64. The maximum Gasteiger partial charge on any atom is 0.338 e. The molecule has 0 saturated heterocycles. The summed E-state index contributed by atoms with van der Waals surface area (Å²) >= 11 is 0. The molecule has 0 saturated carbocycles. The largest absolute Gasteiger partial charge is 0.458 e. The van der Waals surface area contributed by atoms with Crippen LogP contribution < -0.4 is 0 Å². The molecule has 0 aliphatic rings. The summed E-state index contributed by atoms with van der Waals surface area (Å²) in [4.78, 5) is 23.6. The number of carbonyl (C=O) groups excluding carboxylic acids is 2. The number of esters is 1. The highest BCUT2D eigenvalue weighted by atomic mass is 16.5. The third kappa shape index (κ3) is 4.86. The molecule has 19 heavy (non-hydrogen) atoms. The number of hydrogen-bond acceptors (Lipinski definition) is 3. The number of carbonyl (C=O) groups is 2. The highest BCUT2D eigenvalue weighted by molar-refractivity contribution is 5.89. The first-order valence-corrected chi connectivity index (χ1v) is 6.68. The van der Waals surface area contributed by atoms with Gasteiger partial charge in [-0.15, -0.1) is 0 Å². The number of benzene rings is 1. The van der Waals surface area contributed by atoms with E-state index in [9.17, 15) is 9.59 Å². The summed E-state index contributed by atoms with van der Waals surface area (Å²) in [5, 5.41) is 0. The van der Waals surface area contributed by atoms with Crippen molar-refractivity contribution >= 4 is 11.8 Å². The van der Waals surface area contributed by atoms with Crippen molar-refractivity contribution in [1.29, 1.82) is 0 Å². The van der Waals surface area contributed by atoms with Gasteiger partial charge in [0.1, 0.15) is 11.9 Å². The van der Waals surface area contributed by atoms with Gasteiger partial charge in [-0.1, -0.05) is 32.0 Å². The molecule has 0 aromatic heterocycles. The van der Waals surface area contributed by atoms with E-state index in [1.807, 2.05) is 6.07 Å². The average Bonchev–Trinajstić information content (AvgIpc) is 2.36. The second-order valence-electron chi connectivity index (χ2n) is 5.32. The fourth-order valence-electron chi connectivity index (χ4n) is 2.09. The van der Waals surface area contributed by atoms with E-state index in [0.29, 0.717) is 11.5 Å². The zero-order chi connectivity index (χ0) is 14.4. The lowest BCUT2D eigenvalue weighted by atomic mass is 9.90. The van der Waals surface area contributed by atoms with Gasteiger partial charge in [0.05, 0.1) is 11.5 Å². The van der Waals surface area contributed by atoms with Crippen molar-refractivity contribution in [2.75, 3.05) is 0 Å². The lowest BCUT2D eigenvalue weighted by Gasteiger charge is -2.23. The average molecular weight is 262 g/mol. The van der Waals surface area contributed by atoms with E-state index in [1.54, 1.807) is 38.1 Å². The summed E-state index contributed by atoms with van der Waals surface area (Å²) in [6, 6.07) is 8.84. The molecule has 0 fully saturated rings. The normalized spacial score (nSPS) is 13.9. The van der Waals surface area contributed by atoms with Crippen LogP contribution in [0.4, 0.5) is 0 Å². The fraction of sp³-hybridized carbons (Fsp3) is 0.500. The number of Topliss-reactive ketones (excluding diaryl/α,β-unsaturated/α-hetero) is 1. The van der Waals surface area contributed by atoms with Crippen LogP contribution in [0.1, 0.15) is 44.5 Å². The molecule has 0 amide bonds. The number of hydrogen-bond donors (Lipinski definition) is 0. The van der Waals surface area contributed by atoms with Gasteiger partial charge < -0.3 is 4.74 Å². The second kappa shape index (κ2) is 7.07. The third-order valence-corrected chi connectivity index (χ3v) is 3.12. The Morgan fingerprint density at radius 3 is 2.16 bits per heavy atom. The number of ketones is 1. The minimum Gasteiger partial charge on any atom is -0.458 e. The number of rotatable bonds is 6. The molecule has 0 N–H and O–H groups in total. The Balaban J connectivity index is 2.69. The summed E-state index contributed by atoms with van der Waals surface area (Å²) < 4.78 is 5.40. The van der Waals surface area contributed by atoms with Crippen molar-refractivity contribution in [2.24, 2.45) is 11.8 Å². The summed E-state index contributed by atoms with van der Waals surface area (Å²) in [5.41, 5.74) is 0.515. The van der Waals surface area contributed by atoms with E-state index >= 15 is 0 Å². The lowest BCUT2D eigenvalue weighted by molar-refractivity contribution is -0.124. The zero-order valence-electron chi connectivity index (χ0n) is 12.1. The molecule has 0 heterocycles. The molecule has 2 unspecified atom stereocenters. The molecule has 0 radical (unpaired) electrons. The van der Waals surface area contributed by atoms with E-state index in [1.165, 1.54) is 0 Å². The van der Waals surface area contributed by atoms with Crippen molar-refractivity contribution in [3.8, 4) is 0 Å². The molecule has 0 aliphatic heterocycles. The standard InChI is InChI=1S/C16H22O3/c1-11(2)10-15(12(3)17)13(4)19-16(18)14-8-6-5-7-9-14/h5-9,11,13,15H,10H2,1-4H3. The molecule has 1 aromatic rings. The summed E-state index contributed by atoms with van der Waals surface area (Å²) in [6.07, 6.45) is 0.339. The van der Waals surface area contributed by atoms with Gasteiger partial charge in [-0.25, -0.2) is 4.79 Å². The van der Waals surface area contributed by atoms with Crippen molar-refractivity contribution in [3.63, 3.8) is 0 Å². The smallest absolute Gasteiger partial charge is 0.338 e. The maximum atomic E-state index is 11.9. The minimum absolute atomic E-state index is 0.0714. The van der Waals surface area contributed by atoms with E-state index in [2.05, 4.69) is 13.8 Å². The topological polar surface area (TPSA) is 43.4 Å².